The lowest BCUT2D eigenvalue weighted by Gasteiger charge is -2.30. The number of carbonyl (C=O) groups is 4. The summed E-state index contributed by atoms with van der Waals surface area (Å²) in [6.45, 7) is 12.9. The SMILES string of the molecule is CC(C)CC(NC(=O)c1ccc(N2CCOCC2)cc1)C(=O)N1CCC2C1C(=O)CN2C(=O)C(O)CC(C)(C)C. The van der Waals surface area contributed by atoms with Crippen LogP contribution in [0.1, 0.15) is 64.2 Å². The van der Waals surface area contributed by atoms with Crippen molar-refractivity contribution in [2.45, 2.75) is 78.1 Å². The van der Waals surface area contributed by atoms with Gasteiger partial charge in [0, 0.05) is 30.9 Å². The molecule has 220 valence electrons. The molecule has 3 fully saturated rings. The minimum absolute atomic E-state index is 0.115. The van der Waals surface area contributed by atoms with Gasteiger partial charge in [0.1, 0.15) is 18.2 Å². The molecule has 0 aliphatic carbocycles. The third-order valence-corrected chi connectivity index (χ3v) is 7.90. The molecule has 0 aromatic heterocycles. The first-order valence-corrected chi connectivity index (χ1v) is 14.4. The molecule has 1 aromatic rings. The summed E-state index contributed by atoms with van der Waals surface area (Å²) >= 11 is 0. The zero-order valence-electron chi connectivity index (χ0n) is 24.4. The molecule has 0 spiro atoms. The standard InChI is InChI=1S/C30H44N4O6/c1-19(2)16-22(31-27(37)20-6-8-21(9-7-20)32-12-14-40-15-13-32)28(38)33-11-10-23-26(33)25(36)18-34(23)29(39)24(35)17-30(3,4)5/h6-9,19,22-24,26,35H,10-18H2,1-5H3,(H,31,37). The van der Waals surface area contributed by atoms with Crippen LogP contribution < -0.4 is 10.2 Å². The molecule has 0 radical (unpaired) electrons. The van der Waals surface area contributed by atoms with Crippen molar-refractivity contribution in [3.8, 4) is 0 Å². The van der Waals surface area contributed by atoms with Gasteiger partial charge >= 0.3 is 0 Å². The van der Waals surface area contributed by atoms with Gasteiger partial charge in [-0.25, -0.2) is 0 Å². The number of rotatable bonds is 8. The summed E-state index contributed by atoms with van der Waals surface area (Å²) in [7, 11) is 0. The number of ether oxygens (including phenoxy) is 1. The molecule has 4 unspecified atom stereocenters. The van der Waals surface area contributed by atoms with Crippen LogP contribution in [0.2, 0.25) is 0 Å². The molecule has 40 heavy (non-hydrogen) atoms. The van der Waals surface area contributed by atoms with E-state index in [1.807, 2.05) is 46.8 Å². The minimum atomic E-state index is -1.20. The van der Waals surface area contributed by atoms with E-state index in [1.165, 1.54) is 9.80 Å². The highest BCUT2D eigenvalue weighted by Crippen LogP contribution is 2.32. The molecule has 3 aliphatic heterocycles. The zero-order valence-corrected chi connectivity index (χ0v) is 24.4. The molecule has 0 bridgehead atoms. The highest BCUT2D eigenvalue weighted by Gasteiger charge is 2.53. The predicted molar refractivity (Wildman–Crippen MR) is 151 cm³/mol. The smallest absolute Gasteiger partial charge is 0.252 e. The van der Waals surface area contributed by atoms with E-state index in [2.05, 4.69) is 10.2 Å². The molecule has 4 rings (SSSR count). The van der Waals surface area contributed by atoms with Crippen molar-refractivity contribution in [3.63, 3.8) is 0 Å². The first kappa shape index (κ1) is 30.0. The average molecular weight is 557 g/mol. The Morgan fingerprint density at radius 2 is 1.68 bits per heavy atom. The number of hydrogen-bond acceptors (Lipinski definition) is 7. The normalized spacial score (nSPS) is 22.9. The van der Waals surface area contributed by atoms with Gasteiger partial charge in [0.05, 0.1) is 25.8 Å². The Labute approximate surface area is 237 Å². The van der Waals surface area contributed by atoms with Gasteiger partial charge in [-0.15, -0.1) is 0 Å². The van der Waals surface area contributed by atoms with Crippen molar-refractivity contribution in [2.24, 2.45) is 11.3 Å². The van der Waals surface area contributed by atoms with Crippen molar-refractivity contribution in [3.05, 3.63) is 29.8 Å². The summed E-state index contributed by atoms with van der Waals surface area (Å²) < 4.78 is 5.41. The van der Waals surface area contributed by atoms with Crippen LogP contribution in [0.15, 0.2) is 24.3 Å². The van der Waals surface area contributed by atoms with Gasteiger partial charge < -0.3 is 29.9 Å². The largest absolute Gasteiger partial charge is 0.383 e. The molecule has 0 saturated carbocycles. The van der Waals surface area contributed by atoms with Crippen molar-refractivity contribution in [2.75, 3.05) is 44.3 Å². The van der Waals surface area contributed by atoms with E-state index < -0.39 is 30.1 Å². The topological polar surface area (TPSA) is 119 Å². The second-order valence-corrected chi connectivity index (χ2v) is 12.8. The number of nitrogens with one attached hydrogen (secondary N) is 1. The summed E-state index contributed by atoms with van der Waals surface area (Å²) in [6.07, 6.45) is -0.0294. The van der Waals surface area contributed by atoms with Crippen LogP contribution in [-0.4, -0.2) is 102 Å². The van der Waals surface area contributed by atoms with Gasteiger partial charge in [-0.2, -0.15) is 0 Å². The fraction of sp³-hybridized carbons (Fsp3) is 0.667. The lowest BCUT2D eigenvalue weighted by Crippen LogP contribution is -2.53. The van der Waals surface area contributed by atoms with Gasteiger partial charge in [0.25, 0.3) is 11.8 Å². The number of aliphatic hydroxyl groups is 1. The fourth-order valence-electron chi connectivity index (χ4n) is 6.00. The molecule has 10 nitrogen and oxygen atoms in total. The Morgan fingerprint density at radius 1 is 1.02 bits per heavy atom. The van der Waals surface area contributed by atoms with Crippen molar-refractivity contribution in [1.29, 1.82) is 0 Å². The number of ketones is 1. The molecule has 3 saturated heterocycles. The van der Waals surface area contributed by atoms with Crippen LogP contribution in [-0.2, 0) is 19.1 Å². The van der Waals surface area contributed by atoms with Gasteiger partial charge in [0.2, 0.25) is 5.91 Å². The van der Waals surface area contributed by atoms with E-state index in [0.29, 0.717) is 38.2 Å². The Balaban J connectivity index is 1.44. The molecular formula is C30H44N4O6. The molecule has 4 atom stereocenters. The van der Waals surface area contributed by atoms with E-state index >= 15 is 0 Å². The monoisotopic (exact) mass is 556 g/mol. The van der Waals surface area contributed by atoms with E-state index in [1.54, 1.807) is 12.1 Å². The molecular weight excluding hydrogens is 512 g/mol. The molecule has 1 aromatic carbocycles. The third kappa shape index (κ3) is 6.83. The van der Waals surface area contributed by atoms with Gasteiger partial charge in [-0.1, -0.05) is 34.6 Å². The summed E-state index contributed by atoms with van der Waals surface area (Å²) in [4.78, 5) is 58.3. The first-order valence-electron chi connectivity index (χ1n) is 14.4. The van der Waals surface area contributed by atoms with Crippen LogP contribution in [0.5, 0.6) is 0 Å². The maximum Gasteiger partial charge on any atom is 0.252 e. The summed E-state index contributed by atoms with van der Waals surface area (Å²) in [5.74, 6) is -1.19. The van der Waals surface area contributed by atoms with Crippen molar-refractivity contribution < 1.29 is 29.0 Å². The summed E-state index contributed by atoms with van der Waals surface area (Å²) in [5.41, 5.74) is 1.23. The number of hydrogen-bond donors (Lipinski definition) is 2. The van der Waals surface area contributed by atoms with Gasteiger partial charge in [-0.05, 0) is 54.9 Å². The minimum Gasteiger partial charge on any atom is -0.383 e. The predicted octanol–water partition coefficient (Wildman–Crippen LogP) is 1.85. The molecule has 3 aliphatic rings. The van der Waals surface area contributed by atoms with E-state index in [4.69, 9.17) is 4.74 Å². The lowest BCUT2D eigenvalue weighted by molar-refractivity contribution is -0.143. The molecule has 2 N–H and O–H groups in total. The number of carbonyl (C=O) groups excluding carboxylic acids is 4. The number of anilines is 1. The van der Waals surface area contributed by atoms with E-state index in [9.17, 15) is 24.3 Å². The van der Waals surface area contributed by atoms with Gasteiger partial charge in [-0.3, -0.25) is 19.2 Å². The number of aliphatic hydroxyl groups excluding tert-OH is 1. The molecule has 3 heterocycles. The Kier molecular flexibility index (Phi) is 9.19. The first-order chi connectivity index (χ1) is 18.9. The van der Waals surface area contributed by atoms with Gasteiger partial charge in [0.15, 0.2) is 5.78 Å². The summed E-state index contributed by atoms with van der Waals surface area (Å²) in [6, 6.07) is 5.32. The van der Waals surface area contributed by atoms with Crippen LogP contribution in [0.25, 0.3) is 0 Å². The quantitative estimate of drug-likeness (QED) is 0.502. The highest BCUT2D eigenvalue weighted by molar-refractivity contribution is 6.01. The van der Waals surface area contributed by atoms with Crippen molar-refractivity contribution >= 4 is 29.2 Å². The highest BCUT2D eigenvalue weighted by atomic mass is 16.5. The number of nitrogens with zero attached hydrogens (tertiary/aromatic N) is 3. The van der Waals surface area contributed by atoms with Crippen LogP contribution >= 0.6 is 0 Å². The number of amides is 3. The molecule has 10 heteroatoms. The second kappa shape index (κ2) is 12.3. The lowest BCUT2D eigenvalue weighted by atomic mass is 9.89. The molecule has 3 amide bonds. The Hall–Kier alpha value is -2.98. The number of fused-ring (bicyclic) bond motifs is 1. The third-order valence-electron chi connectivity index (χ3n) is 7.90. The number of morpholine rings is 1. The maximum atomic E-state index is 13.8. The van der Waals surface area contributed by atoms with Crippen molar-refractivity contribution in [1.82, 2.24) is 15.1 Å². The number of Topliss-reactive ketones (excluding diaryl/α,β-unsaturated/α-hetero) is 1. The maximum absolute atomic E-state index is 13.8. The fourth-order valence-corrected chi connectivity index (χ4v) is 6.00. The number of likely N-dealkylation sites (tertiary alicyclic amines) is 2. The van der Waals surface area contributed by atoms with Crippen LogP contribution in [0, 0.1) is 11.3 Å². The number of benzene rings is 1. The van der Waals surface area contributed by atoms with Crippen LogP contribution in [0.4, 0.5) is 5.69 Å². The Bertz CT molecular complexity index is 1090. The average Bonchev–Trinajstić information content (AvgIpc) is 3.48. The Morgan fingerprint density at radius 3 is 2.27 bits per heavy atom. The second-order valence-electron chi connectivity index (χ2n) is 12.8. The zero-order chi connectivity index (χ0) is 29.2. The van der Waals surface area contributed by atoms with E-state index in [0.717, 1.165) is 18.8 Å². The van der Waals surface area contributed by atoms with Crippen LogP contribution in [0.3, 0.4) is 0 Å². The van der Waals surface area contributed by atoms with E-state index in [-0.39, 0.29) is 41.9 Å². The summed E-state index contributed by atoms with van der Waals surface area (Å²) in [5, 5.41) is 13.5.